The minimum absolute atomic E-state index is 0.123. The van der Waals surface area contributed by atoms with E-state index in [0.29, 0.717) is 17.0 Å². The normalized spacial score (nSPS) is 12.9. The van der Waals surface area contributed by atoms with Crippen molar-refractivity contribution in [3.63, 3.8) is 0 Å². The maximum Gasteiger partial charge on any atom is 0.306 e. The monoisotopic (exact) mass is 437 g/mol. The third-order valence-electron chi connectivity index (χ3n) is 5.28. The Kier molecular flexibility index (Phi) is 6.27. The van der Waals surface area contributed by atoms with Crippen LogP contribution in [0, 0.1) is 0 Å². The number of amides is 2. The fourth-order valence-electron chi connectivity index (χ4n) is 3.77. The molecule has 2 aromatic heterocycles. The van der Waals surface area contributed by atoms with Crippen LogP contribution in [-0.4, -0.2) is 29.4 Å². The van der Waals surface area contributed by atoms with Gasteiger partial charge in [-0.3, -0.25) is 19.4 Å². The van der Waals surface area contributed by atoms with Gasteiger partial charge < -0.3 is 15.8 Å². The largest absolute Gasteiger partial charge is 0.456 e. The van der Waals surface area contributed by atoms with Crippen molar-refractivity contribution in [2.75, 3.05) is 11.9 Å². The average molecular weight is 438 g/mol. The summed E-state index contributed by atoms with van der Waals surface area (Å²) in [6.45, 7) is -0.412. The summed E-state index contributed by atoms with van der Waals surface area (Å²) in [6.07, 6.45) is 4.28. The molecule has 2 amide bonds. The van der Waals surface area contributed by atoms with Gasteiger partial charge in [-0.15, -0.1) is 11.3 Å². The molecular weight excluding hydrogens is 414 g/mol. The van der Waals surface area contributed by atoms with E-state index in [-0.39, 0.29) is 6.42 Å². The molecule has 1 aromatic carbocycles. The van der Waals surface area contributed by atoms with E-state index in [1.165, 1.54) is 11.3 Å². The molecule has 0 bridgehead atoms. The summed E-state index contributed by atoms with van der Waals surface area (Å²) in [5, 5.41) is 4.17. The quantitative estimate of drug-likeness (QED) is 0.551. The van der Waals surface area contributed by atoms with Gasteiger partial charge in [0.25, 0.3) is 11.8 Å². The van der Waals surface area contributed by atoms with Gasteiger partial charge in [0.15, 0.2) is 6.61 Å². The zero-order chi connectivity index (χ0) is 21.8. The number of nitrogens with one attached hydrogen (secondary N) is 1. The number of nitrogens with two attached hydrogens (primary N) is 1. The van der Waals surface area contributed by atoms with Crippen molar-refractivity contribution < 1.29 is 19.1 Å². The number of carbonyl (C=O) groups excluding carboxylic acids is 3. The van der Waals surface area contributed by atoms with E-state index in [2.05, 4.69) is 10.3 Å². The van der Waals surface area contributed by atoms with E-state index in [1.807, 2.05) is 36.4 Å². The molecule has 3 aromatic rings. The molecule has 0 radical (unpaired) electrons. The highest BCUT2D eigenvalue weighted by Crippen LogP contribution is 2.37. The lowest BCUT2D eigenvalue weighted by molar-refractivity contribution is -0.147. The molecule has 0 unspecified atom stereocenters. The van der Waals surface area contributed by atoms with E-state index < -0.39 is 24.4 Å². The highest BCUT2D eigenvalue weighted by atomic mass is 32.1. The van der Waals surface area contributed by atoms with Gasteiger partial charge in [-0.05, 0) is 43.4 Å². The number of esters is 1. The van der Waals surface area contributed by atoms with Gasteiger partial charge in [-0.1, -0.05) is 24.3 Å². The predicted molar refractivity (Wildman–Crippen MR) is 119 cm³/mol. The number of ether oxygens (including phenoxy) is 1. The Bertz CT molecular complexity index is 1150. The molecule has 0 saturated heterocycles. The lowest BCUT2D eigenvalue weighted by Crippen LogP contribution is -2.23. The standard InChI is InChI=1S/C23H23N3O4S/c24-22(29)21-16-6-2-4-8-18(16)31-23(21)26-19(27)13-30-20(28)12-11-15-10-9-14-5-1-3-7-17(14)25-15/h1,3,5,7,9-10H,2,4,6,8,11-13H2,(H2,24,29)(H,26,27). The number of thiophene rings is 1. The third kappa shape index (κ3) is 4.91. The summed E-state index contributed by atoms with van der Waals surface area (Å²) in [4.78, 5) is 41.9. The molecule has 3 N–H and O–H groups in total. The molecule has 2 heterocycles. The molecule has 0 aliphatic heterocycles. The van der Waals surface area contributed by atoms with Crippen LogP contribution in [0.5, 0.6) is 0 Å². The van der Waals surface area contributed by atoms with E-state index in [9.17, 15) is 14.4 Å². The van der Waals surface area contributed by atoms with Gasteiger partial charge in [-0.25, -0.2) is 0 Å². The van der Waals surface area contributed by atoms with Crippen molar-refractivity contribution in [1.82, 2.24) is 4.98 Å². The second kappa shape index (κ2) is 9.26. The summed E-state index contributed by atoms with van der Waals surface area (Å²) >= 11 is 1.38. The number of carbonyl (C=O) groups is 3. The number of benzene rings is 1. The van der Waals surface area contributed by atoms with E-state index in [4.69, 9.17) is 10.5 Å². The maximum atomic E-state index is 12.3. The molecular formula is C23H23N3O4S. The van der Waals surface area contributed by atoms with Crippen LogP contribution in [0.3, 0.4) is 0 Å². The van der Waals surface area contributed by atoms with Crippen molar-refractivity contribution in [1.29, 1.82) is 0 Å². The lowest BCUT2D eigenvalue weighted by Gasteiger charge is -2.11. The molecule has 1 aliphatic carbocycles. The Hall–Kier alpha value is -3.26. The van der Waals surface area contributed by atoms with Crippen LogP contribution in [-0.2, 0) is 33.6 Å². The molecule has 0 saturated carbocycles. The van der Waals surface area contributed by atoms with Crippen molar-refractivity contribution in [2.45, 2.75) is 38.5 Å². The summed E-state index contributed by atoms with van der Waals surface area (Å²) in [7, 11) is 0. The van der Waals surface area contributed by atoms with Crippen LogP contribution in [0.2, 0.25) is 0 Å². The second-order valence-corrected chi connectivity index (χ2v) is 8.59. The summed E-state index contributed by atoms with van der Waals surface area (Å²) in [5.41, 5.74) is 8.53. The van der Waals surface area contributed by atoms with Crippen LogP contribution < -0.4 is 11.1 Å². The van der Waals surface area contributed by atoms with Crippen LogP contribution in [0.4, 0.5) is 5.00 Å². The Labute approximate surface area is 183 Å². The molecule has 7 nitrogen and oxygen atoms in total. The number of primary amides is 1. The number of rotatable bonds is 7. The minimum Gasteiger partial charge on any atom is -0.456 e. The van der Waals surface area contributed by atoms with Crippen LogP contribution >= 0.6 is 11.3 Å². The zero-order valence-electron chi connectivity index (χ0n) is 17.0. The van der Waals surface area contributed by atoms with Gasteiger partial charge >= 0.3 is 5.97 Å². The molecule has 4 rings (SSSR count). The predicted octanol–water partition coefficient (Wildman–Crippen LogP) is 3.39. The van der Waals surface area contributed by atoms with Gasteiger partial charge in [0.1, 0.15) is 5.00 Å². The number of hydrogen-bond acceptors (Lipinski definition) is 6. The van der Waals surface area contributed by atoms with E-state index in [0.717, 1.165) is 52.7 Å². The number of fused-ring (bicyclic) bond motifs is 2. The fraction of sp³-hybridized carbons (Fsp3) is 0.304. The molecule has 1 aliphatic rings. The molecule has 160 valence electrons. The highest BCUT2D eigenvalue weighted by molar-refractivity contribution is 7.17. The van der Waals surface area contributed by atoms with Crippen molar-refractivity contribution >= 4 is 45.0 Å². The lowest BCUT2D eigenvalue weighted by atomic mass is 9.95. The SMILES string of the molecule is NC(=O)c1c(NC(=O)COC(=O)CCc2ccc3ccccc3n2)sc2c1CCCC2. The van der Waals surface area contributed by atoms with Gasteiger partial charge in [0.2, 0.25) is 0 Å². The first kappa shape index (κ1) is 21.0. The minimum atomic E-state index is -0.547. The van der Waals surface area contributed by atoms with Gasteiger partial charge in [-0.2, -0.15) is 0 Å². The van der Waals surface area contributed by atoms with Crippen molar-refractivity contribution in [3.05, 3.63) is 58.1 Å². The van der Waals surface area contributed by atoms with Gasteiger partial charge in [0.05, 0.1) is 17.5 Å². The first-order valence-corrected chi connectivity index (χ1v) is 11.1. The fourth-order valence-corrected chi connectivity index (χ4v) is 5.08. The summed E-state index contributed by atoms with van der Waals surface area (Å²) in [6, 6.07) is 11.6. The molecule has 0 fully saturated rings. The number of anilines is 1. The Morgan fingerprint density at radius 3 is 2.74 bits per heavy atom. The molecule has 0 atom stereocenters. The van der Waals surface area contributed by atoms with Crippen molar-refractivity contribution in [2.24, 2.45) is 5.73 Å². The number of aromatic nitrogens is 1. The third-order valence-corrected chi connectivity index (χ3v) is 6.48. The van der Waals surface area contributed by atoms with Crippen LogP contribution in [0.15, 0.2) is 36.4 Å². The second-order valence-electron chi connectivity index (χ2n) is 7.48. The Balaban J connectivity index is 1.30. The van der Waals surface area contributed by atoms with Crippen LogP contribution in [0.25, 0.3) is 10.9 Å². The highest BCUT2D eigenvalue weighted by Gasteiger charge is 2.25. The van der Waals surface area contributed by atoms with Gasteiger partial charge in [0, 0.05) is 22.4 Å². The van der Waals surface area contributed by atoms with E-state index in [1.54, 1.807) is 0 Å². The topological polar surface area (TPSA) is 111 Å². The van der Waals surface area contributed by atoms with Crippen LogP contribution in [0.1, 0.15) is 45.8 Å². The number of aryl methyl sites for hydroxylation is 2. The summed E-state index contributed by atoms with van der Waals surface area (Å²) < 4.78 is 5.10. The molecule has 31 heavy (non-hydrogen) atoms. The Morgan fingerprint density at radius 2 is 1.90 bits per heavy atom. The molecule has 0 spiro atoms. The number of hydrogen-bond donors (Lipinski definition) is 2. The first-order valence-electron chi connectivity index (χ1n) is 10.3. The average Bonchev–Trinajstić information content (AvgIpc) is 3.14. The number of para-hydroxylation sites is 1. The maximum absolute atomic E-state index is 12.3. The van der Waals surface area contributed by atoms with Crippen molar-refractivity contribution in [3.8, 4) is 0 Å². The summed E-state index contributed by atoms with van der Waals surface area (Å²) in [5.74, 6) is -1.52. The smallest absolute Gasteiger partial charge is 0.306 e. The van der Waals surface area contributed by atoms with E-state index >= 15 is 0 Å². The molecule has 8 heteroatoms. The zero-order valence-corrected chi connectivity index (χ0v) is 17.8. The Morgan fingerprint density at radius 1 is 1.10 bits per heavy atom. The first-order chi connectivity index (χ1) is 15.0. The number of pyridine rings is 1. The number of nitrogens with zero attached hydrogens (tertiary/aromatic N) is 1.